The highest BCUT2D eigenvalue weighted by molar-refractivity contribution is 5.14. The van der Waals surface area contributed by atoms with Gasteiger partial charge in [-0.25, -0.2) is 14.6 Å². The smallest absolute Gasteiger partial charge is 0.335 e. The van der Waals surface area contributed by atoms with Crippen LogP contribution in [0, 0.1) is 0 Å². The molecule has 1 heterocycles. The van der Waals surface area contributed by atoms with E-state index >= 15 is 0 Å². The summed E-state index contributed by atoms with van der Waals surface area (Å²) >= 11 is 0. The largest absolute Gasteiger partial charge is 0.367 e. The normalized spacial score (nSPS) is 12.1. The Kier molecular flexibility index (Phi) is 4.01. The van der Waals surface area contributed by atoms with Crippen molar-refractivity contribution in [3.05, 3.63) is 5.82 Å². The number of nitrogens with one attached hydrogen (secondary N) is 1. The van der Waals surface area contributed by atoms with Gasteiger partial charge in [0.05, 0.1) is 0 Å². The molecule has 0 saturated carbocycles. The molecule has 1 rings (SSSR count). The predicted octanol–water partition coefficient (Wildman–Crippen LogP) is 0.772. The van der Waals surface area contributed by atoms with E-state index in [1.54, 1.807) is 0 Å². The molecule has 0 unspecified atom stereocenters. The van der Waals surface area contributed by atoms with Crippen molar-refractivity contribution in [2.75, 3.05) is 12.0 Å². The van der Waals surface area contributed by atoms with Crippen molar-refractivity contribution in [2.45, 2.75) is 19.0 Å². The van der Waals surface area contributed by atoms with Gasteiger partial charge in [0.25, 0.3) is 0 Å². The Hall–Kier alpha value is -1.42. The topological polar surface area (TPSA) is 86.2 Å². The van der Waals surface area contributed by atoms with Crippen molar-refractivity contribution in [2.24, 2.45) is 5.84 Å². The van der Waals surface area contributed by atoms with E-state index in [9.17, 15) is 17.6 Å². The zero-order chi connectivity index (χ0) is 12.2. The van der Waals surface area contributed by atoms with E-state index in [-0.39, 0.29) is 11.8 Å². The minimum atomic E-state index is -4.20. The first-order valence-corrected chi connectivity index (χ1v) is 3.98. The maximum atomic E-state index is 12.3. The summed E-state index contributed by atoms with van der Waals surface area (Å²) in [6.45, 7) is -1.90. The summed E-state index contributed by atoms with van der Waals surface area (Å²) < 4.78 is 56.8. The zero-order valence-corrected chi connectivity index (χ0v) is 7.79. The molecule has 0 aliphatic heterocycles. The van der Waals surface area contributed by atoms with Crippen LogP contribution in [0.15, 0.2) is 4.52 Å². The molecule has 0 aliphatic carbocycles. The maximum Gasteiger partial charge on any atom is 0.335 e. The summed E-state index contributed by atoms with van der Waals surface area (Å²) in [5, 5.41) is 3.27. The number of alkyl halides is 4. The number of hydrogen-bond acceptors (Lipinski definition) is 6. The molecule has 0 bridgehead atoms. The van der Waals surface area contributed by atoms with Crippen LogP contribution in [0.2, 0.25) is 0 Å². The van der Waals surface area contributed by atoms with Gasteiger partial charge in [0.2, 0.25) is 0 Å². The second-order valence-electron chi connectivity index (χ2n) is 2.71. The van der Waals surface area contributed by atoms with Crippen LogP contribution in [-0.2, 0) is 11.3 Å². The van der Waals surface area contributed by atoms with Gasteiger partial charge in [-0.15, -0.1) is 0 Å². The molecule has 0 atom stereocenters. The molecule has 0 amide bonds. The second kappa shape index (κ2) is 5.07. The van der Waals surface area contributed by atoms with Crippen LogP contribution in [0.25, 0.3) is 0 Å². The monoisotopic (exact) mass is 244 g/mol. The first-order chi connectivity index (χ1) is 7.45. The van der Waals surface area contributed by atoms with E-state index in [1.165, 1.54) is 0 Å². The molecule has 3 N–H and O–H groups in total. The minimum absolute atomic E-state index is 0.0852. The third kappa shape index (κ3) is 3.31. The molecule has 1 aromatic rings. The van der Waals surface area contributed by atoms with Crippen LogP contribution in [0.1, 0.15) is 5.82 Å². The first kappa shape index (κ1) is 12.6. The van der Waals surface area contributed by atoms with Crippen LogP contribution in [-0.4, -0.2) is 29.1 Å². The van der Waals surface area contributed by atoms with Gasteiger partial charge >= 0.3 is 18.4 Å². The molecule has 16 heavy (non-hydrogen) atoms. The fourth-order valence-electron chi connectivity index (χ4n) is 0.713. The molecule has 6 nitrogen and oxygen atoms in total. The molecule has 92 valence electrons. The van der Waals surface area contributed by atoms with E-state index in [2.05, 4.69) is 19.4 Å². The lowest BCUT2D eigenvalue weighted by molar-refractivity contribution is -0.168. The lowest BCUT2D eigenvalue weighted by Crippen LogP contribution is -2.32. The number of nitrogens with two attached hydrogens (primary N) is 1. The molecule has 0 spiro atoms. The SMILES string of the molecule is NNc1nc(COCC(F)(F)C(F)F)no1. The highest BCUT2D eigenvalue weighted by Gasteiger charge is 2.41. The van der Waals surface area contributed by atoms with Crippen molar-refractivity contribution < 1.29 is 26.8 Å². The highest BCUT2D eigenvalue weighted by Crippen LogP contribution is 2.23. The Balaban J connectivity index is 2.35. The molecule has 0 fully saturated rings. The number of hydrogen-bond donors (Lipinski definition) is 2. The quantitative estimate of drug-likeness (QED) is 0.436. The molecular weight excluding hydrogens is 236 g/mol. The molecule has 0 aliphatic rings. The number of nitrogens with zero attached hydrogens (tertiary/aromatic N) is 2. The van der Waals surface area contributed by atoms with Gasteiger partial charge in [-0.3, -0.25) is 5.43 Å². The first-order valence-electron chi connectivity index (χ1n) is 3.98. The van der Waals surface area contributed by atoms with Crippen molar-refractivity contribution in [3.8, 4) is 0 Å². The average Bonchev–Trinajstić information content (AvgIpc) is 2.65. The molecule has 0 aromatic carbocycles. The highest BCUT2D eigenvalue weighted by atomic mass is 19.3. The minimum Gasteiger partial charge on any atom is -0.367 e. The Morgan fingerprint density at radius 1 is 1.50 bits per heavy atom. The zero-order valence-electron chi connectivity index (χ0n) is 7.79. The summed E-state index contributed by atoms with van der Waals surface area (Å²) in [5.41, 5.74) is 2.01. The average molecular weight is 244 g/mol. The van der Waals surface area contributed by atoms with Gasteiger partial charge in [0, 0.05) is 0 Å². The van der Waals surface area contributed by atoms with Crippen LogP contribution < -0.4 is 11.3 Å². The van der Waals surface area contributed by atoms with E-state index in [0.717, 1.165) is 0 Å². The van der Waals surface area contributed by atoms with Crippen molar-refractivity contribution in [1.29, 1.82) is 0 Å². The third-order valence-electron chi connectivity index (χ3n) is 1.44. The number of hydrazine groups is 1. The van der Waals surface area contributed by atoms with Gasteiger partial charge < -0.3 is 9.26 Å². The summed E-state index contributed by atoms with van der Waals surface area (Å²) in [4.78, 5) is 3.52. The standard InChI is InChI=1S/C6H8F4N4O2/c7-4(8)6(9,10)2-15-1-3-12-5(13-11)16-14-3/h4H,1-2,11H2,(H,12,13,14). The number of anilines is 1. The Labute approximate surface area is 86.7 Å². The molecule has 0 saturated heterocycles. The van der Waals surface area contributed by atoms with Crippen LogP contribution in [0.4, 0.5) is 23.6 Å². The number of ether oxygens (including phenoxy) is 1. The molecule has 0 radical (unpaired) electrons. The molecular formula is C6H8F4N4O2. The van der Waals surface area contributed by atoms with E-state index < -0.39 is 25.6 Å². The summed E-state index contributed by atoms with van der Waals surface area (Å²) in [5.74, 6) is 0.614. The lowest BCUT2D eigenvalue weighted by Gasteiger charge is -2.14. The lowest BCUT2D eigenvalue weighted by atomic mass is 10.4. The van der Waals surface area contributed by atoms with Gasteiger partial charge in [-0.2, -0.15) is 13.8 Å². The Morgan fingerprint density at radius 3 is 2.69 bits per heavy atom. The Morgan fingerprint density at radius 2 is 2.19 bits per heavy atom. The predicted molar refractivity (Wildman–Crippen MR) is 42.7 cm³/mol. The second-order valence-corrected chi connectivity index (χ2v) is 2.71. The van der Waals surface area contributed by atoms with Crippen LogP contribution in [0.5, 0.6) is 0 Å². The fraction of sp³-hybridized carbons (Fsp3) is 0.667. The number of nitrogen functional groups attached to an aromatic ring is 1. The fourth-order valence-corrected chi connectivity index (χ4v) is 0.713. The van der Waals surface area contributed by atoms with Gasteiger partial charge in [0.15, 0.2) is 5.82 Å². The third-order valence-corrected chi connectivity index (χ3v) is 1.44. The maximum absolute atomic E-state index is 12.3. The number of aromatic nitrogens is 2. The van der Waals surface area contributed by atoms with E-state index in [0.29, 0.717) is 0 Å². The summed E-state index contributed by atoms with van der Waals surface area (Å²) in [7, 11) is 0. The molecule has 1 aromatic heterocycles. The van der Waals surface area contributed by atoms with Crippen molar-refractivity contribution in [1.82, 2.24) is 10.1 Å². The van der Waals surface area contributed by atoms with Crippen LogP contribution >= 0.6 is 0 Å². The van der Waals surface area contributed by atoms with Gasteiger partial charge in [-0.1, -0.05) is 5.16 Å². The van der Waals surface area contributed by atoms with Crippen molar-refractivity contribution >= 4 is 6.01 Å². The van der Waals surface area contributed by atoms with E-state index in [4.69, 9.17) is 5.84 Å². The van der Waals surface area contributed by atoms with E-state index in [1.807, 2.05) is 5.43 Å². The van der Waals surface area contributed by atoms with Crippen molar-refractivity contribution in [3.63, 3.8) is 0 Å². The van der Waals surface area contributed by atoms with Crippen LogP contribution in [0.3, 0.4) is 0 Å². The number of halogens is 4. The number of rotatable bonds is 6. The summed E-state index contributed by atoms with van der Waals surface area (Å²) in [6.07, 6.45) is -3.78. The summed E-state index contributed by atoms with van der Waals surface area (Å²) in [6, 6.07) is -0.140. The van der Waals surface area contributed by atoms with Gasteiger partial charge in [-0.05, 0) is 0 Å². The van der Waals surface area contributed by atoms with Gasteiger partial charge in [0.1, 0.15) is 13.2 Å². The Bertz CT molecular complexity index is 332. The molecule has 10 heteroatoms.